The lowest BCUT2D eigenvalue weighted by Crippen LogP contribution is -2.36. The van der Waals surface area contributed by atoms with Gasteiger partial charge in [0, 0.05) is 18.8 Å². The summed E-state index contributed by atoms with van der Waals surface area (Å²) in [5.41, 5.74) is 2.79. The summed E-state index contributed by atoms with van der Waals surface area (Å²) in [6.07, 6.45) is 0.404. The average molecular weight is 342 g/mol. The molecule has 5 heteroatoms. The van der Waals surface area contributed by atoms with Crippen molar-refractivity contribution in [3.63, 3.8) is 0 Å². The van der Waals surface area contributed by atoms with E-state index in [-0.39, 0.29) is 24.1 Å². The second-order valence-corrected chi connectivity index (χ2v) is 5.88. The normalized spacial score (nSPS) is 10.4. The zero-order chi connectivity index (χ0) is 18.2. The molecular weight excluding hydrogens is 319 g/mol. The van der Waals surface area contributed by atoms with Crippen molar-refractivity contribution in [2.75, 3.05) is 18.0 Å². The molecule has 0 bridgehead atoms. The second kappa shape index (κ2) is 8.97. The van der Waals surface area contributed by atoms with Crippen LogP contribution in [0.3, 0.4) is 0 Å². The number of nitrogens with zero attached hydrogens (tertiary/aromatic N) is 1. The first-order chi connectivity index (χ1) is 12.0. The molecule has 4 nitrogen and oxygen atoms in total. The fraction of sp³-hybridized carbons (Fsp3) is 0.300. The number of benzene rings is 2. The SMILES string of the molecule is CCN(C(=O)CC(=O)NCCc1ccc(F)cc1)c1cccc(C)c1. The van der Waals surface area contributed by atoms with Crippen LogP contribution in [-0.4, -0.2) is 24.9 Å². The maximum Gasteiger partial charge on any atom is 0.236 e. The lowest BCUT2D eigenvalue weighted by Gasteiger charge is -2.21. The van der Waals surface area contributed by atoms with Crippen LogP contribution in [0.5, 0.6) is 0 Å². The highest BCUT2D eigenvalue weighted by atomic mass is 19.1. The third-order valence-corrected chi connectivity index (χ3v) is 3.89. The van der Waals surface area contributed by atoms with E-state index in [0.717, 1.165) is 16.8 Å². The van der Waals surface area contributed by atoms with E-state index in [0.29, 0.717) is 19.5 Å². The zero-order valence-electron chi connectivity index (χ0n) is 14.6. The molecule has 2 amide bonds. The van der Waals surface area contributed by atoms with Gasteiger partial charge in [-0.05, 0) is 55.7 Å². The van der Waals surface area contributed by atoms with Gasteiger partial charge in [-0.3, -0.25) is 9.59 Å². The summed E-state index contributed by atoms with van der Waals surface area (Å²) < 4.78 is 12.8. The van der Waals surface area contributed by atoms with Crippen molar-refractivity contribution in [3.8, 4) is 0 Å². The Hall–Kier alpha value is -2.69. The Morgan fingerprint density at radius 3 is 2.48 bits per heavy atom. The van der Waals surface area contributed by atoms with Crippen LogP contribution < -0.4 is 10.2 Å². The van der Waals surface area contributed by atoms with E-state index >= 15 is 0 Å². The van der Waals surface area contributed by atoms with E-state index in [2.05, 4.69) is 5.32 Å². The third kappa shape index (κ3) is 5.71. The van der Waals surface area contributed by atoms with Gasteiger partial charge in [-0.15, -0.1) is 0 Å². The van der Waals surface area contributed by atoms with Crippen LogP contribution >= 0.6 is 0 Å². The van der Waals surface area contributed by atoms with E-state index in [9.17, 15) is 14.0 Å². The predicted octanol–water partition coefficient (Wildman–Crippen LogP) is 3.24. The van der Waals surface area contributed by atoms with E-state index in [1.807, 2.05) is 38.1 Å². The topological polar surface area (TPSA) is 49.4 Å². The van der Waals surface area contributed by atoms with Crippen molar-refractivity contribution in [1.29, 1.82) is 0 Å². The summed E-state index contributed by atoms with van der Waals surface area (Å²) in [5.74, 6) is -0.820. The summed E-state index contributed by atoms with van der Waals surface area (Å²) in [7, 11) is 0. The smallest absolute Gasteiger partial charge is 0.236 e. The number of carbonyl (C=O) groups excluding carboxylic acids is 2. The summed E-state index contributed by atoms with van der Waals surface area (Å²) >= 11 is 0. The summed E-state index contributed by atoms with van der Waals surface area (Å²) in [4.78, 5) is 26.0. The van der Waals surface area contributed by atoms with Crippen molar-refractivity contribution in [2.45, 2.75) is 26.7 Å². The molecule has 0 fully saturated rings. The highest BCUT2D eigenvalue weighted by Gasteiger charge is 2.17. The number of rotatable bonds is 7. The molecule has 0 aromatic heterocycles. The molecule has 1 N–H and O–H groups in total. The molecule has 0 radical (unpaired) electrons. The number of aryl methyl sites for hydroxylation is 1. The molecule has 0 aliphatic heterocycles. The Morgan fingerprint density at radius 2 is 1.84 bits per heavy atom. The highest BCUT2D eigenvalue weighted by Crippen LogP contribution is 2.16. The fourth-order valence-corrected chi connectivity index (χ4v) is 2.59. The maximum absolute atomic E-state index is 12.8. The number of hydrogen-bond donors (Lipinski definition) is 1. The Morgan fingerprint density at radius 1 is 1.12 bits per heavy atom. The van der Waals surface area contributed by atoms with Crippen LogP contribution in [0.15, 0.2) is 48.5 Å². The monoisotopic (exact) mass is 342 g/mol. The molecule has 0 atom stereocenters. The minimum absolute atomic E-state index is 0.189. The Bertz CT molecular complexity index is 729. The third-order valence-electron chi connectivity index (χ3n) is 3.89. The highest BCUT2D eigenvalue weighted by molar-refractivity contribution is 6.04. The van der Waals surface area contributed by atoms with Gasteiger partial charge in [0.15, 0.2) is 0 Å². The number of amides is 2. The van der Waals surface area contributed by atoms with Gasteiger partial charge in [-0.2, -0.15) is 0 Å². The molecule has 25 heavy (non-hydrogen) atoms. The minimum Gasteiger partial charge on any atom is -0.355 e. The lowest BCUT2D eigenvalue weighted by atomic mass is 10.1. The van der Waals surface area contributed by atoms with E-state index in [1.54, 1.807) is 17.0 Å². The zero-order valence-corrected chi connectivity index (χ0v) is 14.6. The molecule has 2 aromatic carbocycles. The number of nitrogens with one attached hydrogen (secondary N) is 1. The Labute approximate surface area is 147 Å². The Balaban J connectivity index is 1.84. The molecule has 0 unspecified atom stereocenters. The average Bonchev–Trinajstić information content (AvgIpc) is 2.57. The molecule has 0 aliphatic carbocycles. The first-order valence-electron chi connectivity index (χ1n) is 8.37. The largest absolute Gasteiger partial charge is 0.355 e. The molecule has 132 valence electrons. The Kier molecular flexibility index (Phi) is 6.69. The van der Waals surface area contributed by atoms with Crippen LogP contribution in [0, 0.1) is 12.7 Å². The quantitative estimate of drug-likeness (QED) is 0.786. The number of halogens is 1. The van der Waals surface area contributed by atoms with Gasteiger partial charge < -0.3 is 10.2 Å². The molecule has 0 aliphatic rings. The molecule has 0 heterocycles. The minimum atomic E-state index is -0.307. The molecule has 0 saturated carbocycles. The van der Waals surface area contributed by atoms with Crippen LogP contribution in [0.25, 0.3) is 0 Å². The first-order valence-corrected chi connectivity index (χ1v) is 8.37. The predicted molar refractivity (Wildman–Crippen MR) is 96.9 cm³/mol. The van der Waals surface area contributed by atoms with Gasteiger partial charge in [0.2, 0.25) is 11.8 Å². The molecule has 2 aromatic rings. The second-order valence-electron chi connectivity index (χ2n) is 5.88. The van der Waals surface area contributed by atoms with Crippen molar-refractivity contribution < 1.29 is 14.0 Å². The van der Waals surface area contributed by atoms with Crippen molar-refractivity contribution >= 4 is 17.5 Å². The number of carbonyl (C=O) groups is 2. The van der Waals surface area contributed by atoms with Crippen LogP contribution in [-0.2, 0) is 16.0 Å². The van der Waals surface area contributed by atoms with Gasteiger partial charge in [-0.25, -0.2) is 4.39 Å². The first kappa shape index (κ1) is 18.6. The van der Waals surface area contributed by atoms with Crippen LogP contribution in [0.4, 0.5) is 10.1 Å². The van der Waals surface area contributed by atoms with Gasteiger partial charge >= 0.3 is 0 Å². The van der Waals surface area contributed by atoms with Crippen molar-refractivity contribution in [1.82, 2.24) is 5.32 Å². The van der Waals surface area contributed by atoms with Crippen LogP contribution in [0.1, 0.15) is 24.5 Å². The standard InChI is InChI=1S/C20H23FN2O2/c1-3-23(18-6-4-5-15(2)13-18)20(25)14-19(24)22-12-11-16-7-9-17(21)10-8-16/h4-10,13H,3,11-12,14H2,1-2H3,(H,22,24). The molecule has 0 spiro atoms. The van der Waals surface area contributed by atoms with E-state index in [4.69, 9.17) is 0 Å². The van der Waals surface area contributed by atoms with Crippen molar-refractivity contribution in [3.05, 3.63) is 65.5 Å². The lowest BCUT2D eigenvalue weighted by molar-refractivity contribution is -0.127. The van der Waals surface area contributed by atoms with Gasteiger partial charge in [0.05, 0.1) is 0 Å². The van der Waals surface area contributed by atoms with Gasteiger partial charge in [0.1, 0.15) is 12.2 Å². The number of hydrogen-bond acceptors (Lipinski definition) is 2. The summed E-state index contributed by atoms with van der Waals surface area (Å²) in [6.45, 7) is 4.76. The van der Waals surface area contributed by atoms with Crippen LogP contribution in [0.2, 0.25) is 0 Å². The van der Waals surface area contributed by atoms with E-state index < -0.39 is 0 Å². The number of anilines is 1. The molecule has 2 rings (SSSR count). The maximum atomic E-state index is 12.8. The van der Waals surface area contributed by atoms with Gasteiger partial charge in [0.25, 0.3) is 0 Å². The summed E-state index contributed by atoms with van der Waals surface area (Å²) in [5, 5.41) is 2.74. The molecular formula is C20H23FN2O2. The van der Waals surface area contributed by atoms with E-state index in [1.165, 1.54) is 12.1 Å². The molecule has 0 saturated heterocycles. The van der Waals surface area contributed by atoms with Gasteiger partial charge in [-0.1, -0.05) is 24.3 Å². The fourth-order valence-electron chi connectivity index (χ4n) is 2.59. The summed E-state index contributed by atoms with van der Waals surface area (Å²) in [6, 6.07) is 13.8. The van der Waals surface area contributed by atoms with Crippen molar-refractivity contribution in [2.24, 2.45) is 0 Å².